The van der Waals surface area contributed by atoms with E-state index in [9.17, 15) is 29.1 Å². The molecule has 4 amide bonds. The fraction of sp³-hybridized carbons (Fsp3) is 0.545. The predicted molar refractivity (Wildman–Crippen MR) is 147 cm³/mol. The Bertz CT molecular complexity index is 1080. The number of carboxylic acid groups (broad SMARTS) is 1. The number of carboxylic acids is 1. The zero-order chi connectivity index (χ0) is 30.9. The molecule has 19 heteroatoms. The minimum absolute atomic E-state index is 0.00377. The lowest BCUT2D eigenvalue weighted by Gasteiger charge is -2.25. The Morgan fingerprint density at radius 2 is 1.34 bits per heavy atom. The van der Waals surface area contributed by atoms with Gasteiger partial charge in [0.2, 0.25) is 23.6 Å². The summed E-state index contributed by atoms with van der Waals surface area (Å²) in [5.41, 5.74) is 32.4. The summed E-state index contributed by atoms with van der Waals surface area (Å²) in [6, 6.07) is -5.12. The first-order valence-corrected chi connectivity index (χ1v) is 12.6. The van der Waals surface area contributed by atoms with Gasteiger partial charge >= 0.3 is 5.97 Å². The molecule has 0 radical (unpaired) electrons. The van der Waals surface area contributed by atoms with E-state index in [1.807, 2.05) is 0 Å². The third-order valence-corrected chi connectivity index (χ3v) is 5.51. The van der Waals surface area contributed by atoms with E-state index in [0.717, 1.165) is 0 Å². The highest BCUT2D eigenvalue weighted by molar-refractivity contribution is 5.95. The van der Waals surface area contributed by atoms with Crippen LogP contribution in [-0.2, 0) is 30.4 Å². The molecular formula is C22H39N13O6. The predicted octanol–water partition coefficient (Wildman–Crippen LogP) is -5.20. The smallest absolute Gasteiger partial charge is 0.326 e. The Morgan fingerprint density at radius 3 is 1.83 bits per heavy atom. The maximum Gasteiger partial charge on any atom is 0.326 e. The van der Waals surface area contributed by atoms with Crippen molar-refractivity contribution in [3.05, 3.63) is 18.2 Å². The molecule has 4 unspecified atom stereocenters. The first-order chi connectivity index (χ1) is 19.3. The SMILES string of the molecule is NC(=O)CC(N)C(=O)NC(CCCN=C(N)N)C(=O)NC(Cc1cnc[nH]1)C(=O)NC(CCCN=C(N)N)C(=O)O. The fourth-order valence-electron chi connectivity index (χ4n) is 3.49. The number of nitrogens with zero attached hydrogens (tertiary/aromatic N) is 3. The van der Waals surface area contributed by atoms with Crippen molar-refractivity contribution in [2.45, 2.75) is 62.7 Å². The normalized spacial score (nSPS) is 13.5. The van der Waals surface area contributed by atoms with Crippen LogP contribution in [0.2, 0.25) is 0 Å². The first kappa shape index (κ1) is 34.1. The van der Waals surface area contributed by atoms with E-state index < -0.39 is 60.2 Å². The van der Waals surface area contributed by atoms with Crippen molar-refractivity contribution in [3.8, 4) is 0 Å². The number of aliphatic carboxylic acids is 1. The van der Waals surface area contributed by atoms with Crippen LogP contribution in [0.4, 0.5) is 0 Å². The van der Waals surface area contributed by atoms with Crippen molar-refractivity contribution in [2.24, 2.45) is 44.4 Å². The van der Waals surface area contributed by atoms with Crippen LogP contribution in [0.3, 0.4) is 0 Å². The molecule has 1 heterocycles. The van der Waals surface area contributed by atoms with Gasteiger partial charge in [0.15, 0.2) is 11.9 Å². The minimum Gasteiger partial charge on any atom is -0.480 e. The highest BCUT2D eigenvalue weighted by Crippen LogP contribution is 2.06. The van der Waals surface area contributed by atoms with E-state index in [0.29, 0.717) is 5.69 Å². The van der Waals surface area contributed by atoms with Crippen LogP contribution < -0.4 is 50.4 Å². The molecule has 1 aromatic rings. The van der Waals surface area contributed by atoms with Crippen LogP contribution in [0.15, 0.2) is 22.5 Å². The highest BCUT2D eigenvalue weighted by Gasteiger charge is 2.30. The van der Waals surface area contributed by atoms with Gasteiger partial charge in [-0.2, -0.15) is 0 Å². The van der Waals surface area contributed by atoms with Crippen molar-refractivity contribution in [3.63, 3.8) is 0 Å². The van der Waals surface area contributed by atoms with E-state index in [4.69, 9.17) is 34.4 Å². The molecule has 4 atom stereocenters. The number of hydrogen-bond acceptors (Lipinski definition) is 9. The number of imidazole rings is 1. The van der Waals surface area contributed by atoms with Crippen LogP contribution in [0.1, 0.15) is 37.8 Å². The molecule has 0 bridgehead atoms. The number of primary amides is 1. The minimum atomic E-state index is -1.32. The molecule has 0 aliphatic heterocycles. The number of nitrogens with two attached hydrogens (primary N) is 6. The number of nitrogens with one attached hydrogen (secondary N) is 4. The van der Waals surface area contributed by atoms with Crippen LogP contribution in [-0.4, -0.2) is 93.8 Å². The van der Waals surface area contributed by atoms with E-state index in [-0.39, 0.29) is 57.1 Å². The Kier molecular flexibility index (Phi) is 14.6. The van der Waals surface area contributed by atoms with Gasteiger partial charge in [-0.25, -0.2) is 9.78 Å². The number of guanidine groups is 2. The van der Waals surface area contributed by atoms with Crippen LogP contribution in [0, 0.1) is 0 Å². The number of carbonyl (C=O) groups is 5. The number of amides is 4. The molecular weight excluding hydrogens is 542 g/mol. The van der Waals surface area contributed by atoms with Crippen molar-refractivity contribution >= 4 is 41.5 Å². The first-order valence-electron chi connectivity index (χ1n) is 12.6. The average Bonchev–Trinajstić information content (AvgIpc) is 3.39. The number of hydrogen-bond donors (Lipinski definition) is 11. The summed E-state index contributed by atoms with van der Waals surface area (Å²) in [4.78, 5) is 76.2. The summed E-state index contributed by atoms with van der Waals surface area (Å²) < 4.78 is 0. The maximum absolute atomic E-state index is 13.3. The van der Waals surface area contributed by atoms with Gasteiger partial charge in [-0.05, 0) is 25.7 Å². The number of aliphatic imine (C=N–C) groups is 2. The molecule has 19 nitrogen and oxygen atoms in total. The third kappa shape index (κ3) is 14.1. The van der Waals surface area contributed by atoms with Gasteiger partial charge < -0.3 is 60.4 Å². The third-order valence-electron chi connectivity index (χ3n) is 5.51. The number of aromatic nitrogens is 2. The van der Waals surface area contributed by atoms with E-state index in [1.54, 1.807) is 0 Å². The second kappa shape index (κ2) is 17.6. The lowest BCUT2D eigenvalue weighted by Crippen LogP contribution is -2.57. The summed E-state index contributed by atoms with van der Waals surface area (Å²) in [5.74, 6) is -4.86. The van der Waals surface area contributed by atoms with Gasteiger partial charge in [0.05, 0.1) is 18.8 Å². The zero-order valence-electron chi connectivity index (χ0n) is 22.4. The second-order valence-corrected chi connectivity index (χ2v) is 8.98. The molecule has 228 valence electrons. The lowest BCUT2D eigenvalue weighted by atomic mass is 10.1. The zero-order valence-corrected chi connectivity index (χ0v) is 22.4. The number of aromatic amines is 1. The molecule has 1 aromatic heterocycles. The summed E-state index contributed by atoms with van der Waals surface area (Å²) in [5, 5.41) is 17.0. The molecule has 0 saturated carbocycles. The number of H-pyrrole nitrogens is 1. The lowest BCUT2D eigenvalue weighted by molar-refractivity contribution is -0.142. The summed E-state index contributed by atoms with van der Waals surface area (Å²) in [6.07, 6.45) is 2.77. The van der Waals surface area contributed by atoms with Gasteiger partial charge in [0.25, 0.3) is 0 Å². The monoisotopic (exact) mass is 581 g/mol. The molecule has 0 spiro atoms. The molecule has 17 N–H and O–H groups in total. The largest absolute Gasteiger partial charge is 0.480 e. The fourth-order valence-corrected chi connectivity index (χ4v) is 3.49. The highest BCUT2D eigenvalue weighted by atomic mass is 16.4. The van der Waals surface area contributed by atoms with E-state index in [1.165, 1.54) is 12.5 Å². The van der Waals surface area contributed by atoms with E-state index in [2.05, 4.69) is 35.9 Å². The Morgan fingerprint density at radius 1 is 0.829 bits per heavy atom. The molecule has 41 heavy (non-hydrogen) atoms. The van der Waals surface area contributed by atoms with Gasteiger partial charge in [-0.3, -0.25) is 29.2 Å². The van der Waals surface area contributed by atoms with Crippen LogP contribution in [0.5, 0.6) is 0 Å². The quantitative estimate of drug-likeness (QED) is 0.0414. The maximum atomic E-state index is 13.3. The van der Waals surface area contributed by atoms with Crippen molar-refractivity contribution < 1.29 is 29.1 Å². The Labute approximate surface area is 235 Å². The molecule has 0 saturated heterocycles. The topological polar surface area (TPSA) is 351 Å². The Balaban J connectivity index is 3.09. The summed E-state index contributed by atoms with van der Waals surface area (Å²) in [7, 11) is 0. The van der Waals surface area contributed by atoms with E-state index >= 15 is 0 Å². The van der Waals surface area contributed by atoms with Crippen molar-refractivity contribution in [2.75, 3.05) is 13.1 Å². The van der Waals surface area contributed by atoms with Gasteiger partial charge in [0, 0.05) is 31.4 Å². The van der Waals surface area contributed by atoms with Crippen LogP contribution in [0.25, 0.3) is 0 Å². The average molecular weight is 582 g/mol. The molecule has 0 aliphatic carbocycles. The molecule has 1 rings (SSSR count). The molecule has 0 aromatic carbocycles. The van der Waals surface area contributed by atoms with Crippen molar-refractivity contribution in [1.82, 2.24) is 25.9 Å². The molecule has 0 fully saturated rings. The number of carbonyl (C=O) groups excluding carboxylic acids is 4. The molecule has 0 aliphatic rings. The van der Waals surface area contributed by atoms with Crippen molar-refractivity contribution in [1.29, 1.82) is 0 Å². The summed E-state index contributed by atoms with van der Waals surface area (Å²) in [6.45, 7) is 0.281. The van der Waals surface area contributed by atoms with Gasteiger partial charge in [-0.1, -0.05) is 0 Å². The van der Waals surface area contributed by atoms with Crippen LogP contribution >= 0.6 is 0 Å². The van der Waals surface area contributed by atoms with Gasteiger partial charge in [-0.15, -0.1) is 0 Å². The second-order valence-electron chi connectivity index (χ2n) is 8.98. The standard InChI is InChI=1S/C22H39N13O6/c23-12(8-16(24)36)17(37)33-13(3-1-5-30-21(25)26)18(38)35-15(7-11-9-29-10-32-11)19(39)34-14(20(40)41)4-2-6-31-22(27)28/h9-10,12-15H,1-8,23H2,(H2,24,36)(H,29,32)(H,33,37)(H,34,39)(H,35,38)(H,40,41)(H4,25,26,30)(H4,27,28,31). The van der Waals surface area contributed by atoms with Gasteiger partial charge in [0.1, 0.15) is 18.1 Å². The number of rotatable bonds is 19. The summed E-state index contributed by atoms with van der Waals surface area (Å²) >= 11 is 0. The Hall–Kier alpha value is -4.94.